The van der Waals surface area contributed by atoms with Crippen LogP contribution in [0.15, 0.2) is 23.8 Å². The summed E-state index contributed by atoms with van der Waals surface area (Å²) in [5.74, 6) is 1.23. The summed E-state index contributed by atoms with van der Waals surface area (Å²) in [4.78, 5) is 11.4. The molecule has 0 saturated heterocycles. The van der Waals surface area contributed by atoms with E-state index in [2.05, 4.69) is 27.4 Å². The Morgan fingerprint density at radius 3 is 2.74 bits per heavy atom. The predicted octanol–water partition coefficient (Wildman–Crippen LogP) is 5.68. The van der Waals surface area contributed by atoms with Gasteiger partial charge in [0.2, 0.25) is 0 Å². The number of hydrogen-bond acceptors (Lipinski definition) is 2. The van der Waals surface area contributed by atoms with Crippen molar-refractivity contribution >= 4 is 5.97 Å². The summed E-state index contributed by atoms with van der Waals surface area (Å²) < 4.78 is 4.75. The van der Waals surface area contributed by atoms with E-state index in [1.54, 1.807) is 6.08 Å². The van der Waals surface area contributed by atoms with Crippen molar-refractivity contribution in [2.75, 3.05) is 7.11 Å². The highest BCUT2D eigenvalue weighted by Gasteiger charge is 2.53. The standard InChI is InChI=1S/C21H34O2/c1-15(14-19(22)23-6)10-12-20(4)17(3)11-13-21(5)16(2)8-7-9-18(20)21/h14,17-18H,2,7-13H2,1,3-6H3/b15-14+/t17-,18-,20+,21+/m1/s1. The van der Waals surface area contributed by atoms with Crippen LogP contribution in [0.2, 0.25) is 0 Å². The van der Waals surface area contributed by atoms with Gasteiger partial charge in [-0.25, -0.2) is 4.79 Å². The number of carbonyl (C=O) groups is 1. The van der Waals surface area contributed by atoms with Gasteiger partial charge in [0.15, 0.2) is 0 Å². The van der Waals surface area contributed by atoms with E-state index in [-0.39, 0.29) is 5.97 Å². The molecule has 2 aliphatic rings. The lowest BCUT2D eigenvalue weighted by Crippen LogP contribution is -2.50. The Morgan fingerprint density at radius 2 is 2.09 bits per heavy atom. The molecule has 0 aromatic heterocycles. The average Bonchev–Trinajstić information content (AvgIpc) is 2.52. The molecule has 2 heteroatoms. The molecule has 2 fully saturated rings. The van der Waals surface area contributed by atoms with Crippen molar-refractivity contribution in [3.63, 3.8) is 0 Å². The van der Waals surface area contributed by atoms with Gasteiger partial charge in [0.05, 0.1) is 7.11 Å². The lowest BCUT2D eigenvalue weighted by atomic mass is 9.46. The molecule has 2 nitrogen and oxygen atoms in total. The van der Waals surface area contributed by atoms with Crippen LogP contribution in [-0.4, -0.2) is 13.1 Å². The second-order valence-electron chi connectivity index (χ2n) is 8.43. The van der Waals surface area contributed by atoms with Gasteiger partial charge in [-0.2, -0.15) is 0 Å². The first-order chi connectivity index (χ1) is 10.7. The molecule has 0 amide bonds. The number of hydrogen-bond donors (Lipinski definition) is 0. The molecular weight excluding hydrogens is 284 g/mol. The van der Waals surface area contributed by atoms with Gasteiger partial charge in [-0.15, -0.1) is 0 Å². The van der Waals surface area contributed by atoms with E-state index in [4.69, 9.17) is 4.74 Å². The number of carbonyl (C=O) groups excluding carboxylic acids is 1. The van der Waals surface area contributed by atoms with E-state index < -0.39 is 0 Å². The van der Waals surface area contributed by atoms with E-state index in [1.807, 2.05) is 6.92 Å². The Kier molecular flexibility index (Phi) is 5.43. The van der Waals surface area contributed by atoms with Crippen molar-refractivity contribution in [2.45, 2.75) is 72.6 Å². The predicted molar refractivity (Wildman–Crippen MR) is 96.1 cm³/mol. The van der Waals surface area contributed by atoms with Crippen LogP contribution in [0, 0.1) is 22.7 Å². The zero-order valence-electron chi connectivity index (χ0n) is 15.7. The summed E-state index contributed by atoms with van der Waals surface area (Å²) >= 11 is 0. The highest BCUT2D eigenvalue weighted by molar-refractivity contribution is 5.82. The van der Waals surface area contributed by atoms with E-state index in [1.165, 1.54) is 44.8 Å². The molecule has 2 rings (SSSR count). The summed E-state index contributed by atoms with van der Waals surface area (Å²) in [7, 11) is 1.44. The number of fused-ring (bicyclic) bond motifs is 1. The molecular formula is C21H34O2. The van der Waals surface area contributed by atoms with Gasteiger partial charge in [0, 0.05) is 6.08 Å². The third kappa shape index (κ3) is 3.41. The second kappa shape index (κ2) is 6.83. The summed E-state index contributed by atoms with van der Waals surface area (Å²) in [6.07, 6.45) is 10.2. The molecule has 0 heterocycles. The largest absolute Gasteiger partial charge is 0.466 e. The number of esters is 1. The maximum absolute atomic E-state index is 11.4. The van der Waals surface area contributed by atoms with Crippen molar-refractivity contribution < 1.29 is 9.53 Å². The first-order valence-corrected chi connectivity index (χ1v) is 9.17. The van der Waals surface area contributed by atoms with Crippen molar-refractivity contribution in [1.82, 2.24) is 0 Å². The minimum atomic E-state index is -0.236. The van der Waals surface area contributed by atoms with Crippen LogP contribution in [0.4, 0.5) is 0 Å². The Hall–Kier alpha value is -1.05. The van der Waals surface area contributed by atoms with Crippen molar-refractivity contribution in [1.29, 1.82) is 0 Å². The van der Waals surface area contributed by atoms with Crippen LogP contribution >= 0.6 is 0 Å². The third-order valence-electron chi connectivity index (χ3n) is 7.19. The fraction of sp³-hybridized carbons (Fsp3) is 0.762. The first-order valence-electron chi connectivity index (χ1n) is 9.17. The van der Waals surface area contributed by atoms with Crippen molar-refractivity contribution in [2.24, 2.45) is 22.7 Å². The topological polar surface area (TPSA) is 26.3 Å². The SMILES string of the molecule is C=C1CCC[C@@H]2[C@@](C)(CC/C(C)=C/C(=O)OC)[C@H](C)CC[C@@]12C. The van der Waals surface area contributed by atoms with Crippen molar-refractivity contribution in [3.8, 4) is 0 Å². The van der Waals surface area contributed by atoms with Gasteiger partial charge in [0.25, 0.3) is 0 Å². The molecule has 2 aliphatic carbocycles. The molecule has 0 bridgehead atoms. The van der Waals surface area contributed by atoms with Gasteiger partial charge < -0.3 is 4.74 Å². The highest BCUT2D eigenvalue weighted by atomic mass is 16.5. The van der Waals surface area contributed by atoms with Crippen LogP contribution in [0.5, 0.6) is 0 Å². The van der Waals surface area contributed by atoms with Crippen molar-refractivity contribution in [3.05, 3.63) is 23.8 Å². The fourth-order valence-electron chi connectivity index (χ4n) is 5.19. The monoisotopic (exact) mass is 318 g/mol. The lowest BCUT2D eigenvalue weighted by molar-refractivity contribution is -0.134. The highest BCUT2D eigenvalue weighted by Crippen LogP contribution is 2.62. The number of methoxy groups -OCH3 is 1. The zero-order valence-corrected chi connectivity index (χ0v) is 15.7. The Labute approximate surface area is 142 Å². The lowest BCUT2D eigenvalue weighted by Gasteiger charge is -2.59. The van der Waals surface area contributed by atoms with E-state index >= 15 is 0 Å². The molecule has 0 aliphatic heterocycles. The number of rotatable bonds is 4. The average molecular weight is 319 g/mol. The Balaban J connectivity index is 2.18. The third-order valence-corrected chi connectivity index (χ3v) is 7.19. The zero-order chi connectivity index (χ0) is 17.3. The minimum absolute atomic E-state index is 0.236. The molecule has 0 N–H and O–H groups in total. The van der Waals surface area contributed by atoms with Crippen LogP contribution in [0.3, 0.4) is 0 Å². The summed E-state index contributed by atoms with van der Waals surface area (Å²) in [5.41, 5.74) is 3.27. The molecule has 130 valence electrons. The van der Waals surface area contributed by atoms with E-state index in [0.717, 1.165) is 30.3 Å². The van der Waals surface area contributed by atoms with Gasteiger partial charge >= 0.3 is 5.97 Å². The fourth-order valence-corrected chi connectivity index (χ4v) is 5.19. The smallest absolute Gasteiger partial charge is 0.330 e. The van der Waals surface area contributed by atoms with E-state index in [9.17, 15) is 4.79 Å². The summed E-state index contributed by atoms with van der Waals surface area (Å²) in [5, 5.41) is 0. The van der Waals surface area contributed by atoms with Gasteiger partial charge in [0.1, 0.15) is 0 Å². The Morgan fingerprint density at radius 1 is 1.39 bits per heavy atom. The summed E-state index contributed by atoms with van der Waals surface area (Å²) in [6, 6.07) is 0. The summed E-state index contributed by atoms with van der Waals surface area (Å²) in [6.45, 7) is 13.9. The van der Waals surface area contributed by atoms with Gasteiger partial charge in [-0.1, -0.05) is 38.5 Å². The van der Waals surface area contributed by atoms with Crippen LogP contribution in [-0.2, 0) is 9.53 Å². The van der Waals surface area contributed by atoms with Crippen LogP contribution in [0.25, 0.3) is 0 Å². The normalized spacial score (nSPS) is 38.1. The molecule has 23 heavy (non-hydrogen) atoms. The number of allylic oxidation sites excluding steroid dienone is 2. The van der Waals surface area contributed by atoms with Gasteiger partial charge in [-0.3, -0.25) is 0 Å². The van der Waals surface area contributed by atoms with Crippen LogP contribution < -0.4 is 0 Å². The maximum atomic E-state index is 11.4. The molecule has 0 spiro atoms. The minimum Gasteiger partial charge on any atom is -0.466 e. The number of ether oxygens (including phenoxy) is 1. The molecule has 4 atom stereocenters. The molecule has 0 radical (unpaired) electrons. The van der Waals surface area contributed by atoms with E-state index in [0.29, 0.717) is 10.8 Å². The second-order valence-corrected chi connectivity index (χ2v) is 8.43. The molecule has 2 saturated carbocycles. The van der Waals surface area contributed by atoms with Crippen LogP contribution in [0.1, 0.15) is 72.6 Å². The quantitative estimate of drug-likeness (QED) is 0.378. The van der Waals surface area contributed by atoms with Gasteiger partial charge in [-0.05, 0) is 74.5 Å². The maximum Gasteiger partial charge on any atom is 0.330 e. The molecule has 0 aromatic carbocycles. The first kappa shape index (κ1) is 18.3. The molecule has 0 aromatic rings. The molecule has 0 unspecified atom stereocenters. The Bertz CT molecular complexity index is 504.